The Morgan fingerprint density at radius 1 is 1.48 bits per heavy atom. The molecule has 2 N–H and O–H groups in total. The molecule has 1 aliphatic rings. The van der Waals surface area contributed by atoms with Gasteiger partial charge in [-0.2, -0.15) is 0 Å². The minimum Gasteiger partial charge on any atom is -0.497 e. The standard InChI is InChI=1S/C15H22FN3O.HI/c1-11-4-3-5-19(10-11)15(17)18-9-12-6-13(16)8-14(7-12)20-2;/h6-8,11H,3-5,9-10H2,1-2H3,(H2,17,18);1H. The van der Waals surface area contributed by atoms with E-state index in [0.29, 0.717) is 24.2 Å². The number of likely N-dealkylation sites (tertiary alicyclic amines) is 1. The second-order valence-electron chi connectivity index (χ2n) is 5.37. The fraction of sp³-hybridized carbons (Fsp3) is 0.533. The summed E-state index contributed by atoms with van der Waals surface area (Å²) in [6, 6.07) is 4.58. The maximum absolute atomic E-state index is 13.4. The van der Waals surface area contributed by atoms with E-state index >= 15 is 0 Å². The zero-order chi connectivity index (χ0) is 14.5. The van der Waals surface area contributed by atoms with Gasteiger partial charge in [-0.15, -0.1) is 24.0 Å². The molecule has 1 aromatic rings. The molecule has 2 rings (SSSR count). The molecule has 4 nitrogen and oxygen atoms in total. The number of nitrogens with zero attached hydrogens (tertiary/aromatic N) is 2. The van der Waals surface area contributed by atoms with Gasteiger partial charge in [-0.25, -0.2) is 9.38 Å². The monoisotopic (exact) mass is 407 g/mol. The van der Waals surface area contributed by atoms with Crippen molar-refractivity contribution in [3.63, 3.8) is 0 Å². The number of nitrogens with two attached hydrogens (primary N) is 1. The molecule has 0 aliphatic carbocycles. The lowest BCUT2D eigenvalue weighted by atomic mass is 10.0. The summed E-state index contributed by atoms with van der Waals surface area (Å²) in [5.74, 6) is 1.37. The van der Waals surface area contributed by atoms with E-state index in [0.717, 1.165) is 25.1 Å². The predicted molar refractivity (Wildman–Crippen MR) is 93.7 cm³/mol. The van der Waals surface area contributed by atoms with E-state index < -0.39 is 0 Å². The van der Waals surface area contributed by atoms with Gasteiger partial charge in [0.2, 0.25) is 0 Å². The molecule has 0 bridgehead atoms. The van der Waals surface area contributed by atoms with E-state index in [1.807, 2.05) is 0 Å². The number of hydrogen-bond donors (Lipinski definition) is 1. The maximum Gasteiger partial charge on any atom is 0.191 e. The first-order valence-corrected chi connectivity index (χ1v) is 6.97. The molecule has 1 saturated heterocycles. The van der Waals surface area contributed by atoms with Crippen LogP contribution in [-0.2, 0) is 6.54 Å². The molecule has 1 aromatic carbocycles. The van der Waals surface area contributed by atoms with Crippen molar-refractivity contribution in [3.8, 4) is 5.75 Å². The summed E-state index contributed by atoms with van der Waals surface area (Å²) >= 11 is 0. The van der Waals surface area contributed by atoms with Gasteiger partial charge in [0, 0.05) is 19.2 Å². The largest absolute Gasteiger partial charge is 0.497 e. The first kappa shape index (κ1) is 18.0. The molecule has 0 saturated carbocycles. The SMILES string of the molecule is COc1cc(F)cc(CN=C(N)N2CCCC(C)C2)c1.I. The van der Waals surface area contributed by atoms with Crippen LogP contribution in [0.2, 0.25) is 0 Å². The van der Waals surface area contributed by atoms with Gasteiger partial charge >= 0.3 is 0 Å². The third-order valence-electron chi connectivity index (χ3n) is 3.57. The van der Waals surface area contributed by atoms with Crippen molar-refractivity contribution in [1.29, 1.82) is 0 Å². The normalized spacial score (nSPS) is 19.1. The number of rotatable bonds is 3. The van der Waals surface area contributed by atoms with Crippen LogP contribution in [0.25, 0.3) is 0 Å². The molecule has 1 unspecified atom stereocenters. The van der Waals surface area contributed by atoms with E-state index in [2.05, 4.69) is 16.8 Å². The first-order chi connectivity index (χ1) is 9.58. The number of methoxy groups -OCH3 is 1. The van der Waals surface area contributed by atoms with Crippen LogP contribution in [0, 0.1) is 11.7 Å². The minimum atomic E-state index is -0.320. The van der Waals surface area contributed by atoms with E-state index in [4.69, 9.17) is 10.5 Å². The fourth-order valence-electron chi connectivity index (χ4n) is 2.50. The van der Waals surface area contributed by atoms with Crippen LogP contribution < -0.4 is 10.5 Å². The molecular formula is C15H23FIN3O. The summed E-state index contributed by atoms with van der Waals surface area (Å²) in [7, 11) is 1.52. The van der Waals surface area contributed by atoms with Gasteiger partial charge < -0.3 is 15.4 Å². The van der Waals surface area contributed by atoms with Crippen LogP contribution in [0.5, 0.6) is 5.75 Å². The van der Waals surface area contributed by atoms with Crippen molar-refractivity contribution in [1.82, 2.24) is 4.90 Å². The summed E-state index contributed by atoms with van der Waals surface area (Å²) in [6.07, 6.45) is 2.38. The number of aliphatic imine (C=N–C) groups is 1. The minimum absolute atomic E-state index is 0. The summed E-state index contributed by atoms with van der Waals surface area (Å²) in [4.78, 5) is 6.47. The Bertz CT molecular complexity index is 496. The maximum atomic E-state index is 13.4. The number of guanidine groups is 1. The third kappa shape index (κ3) is 5.33. The van der Waals surface area contributed by atoms with Gasteiger partial charge in [0.25, 0.3) is 0 Å². The molecule has 6 heteroatoms. The van der Waals surface area contributed by atoms with Crippen LogP contribution in [0.3, 0.4) is 0 Å². The van der Waals surface area contributed by atoms with Gasteiger partial charge in [-0.05, 0) is 36.5 Å². The van der Waals surface area contributed by atoms with Crippen molar-refractivity contribution >= 4 is 29.9 Å². The molecule has 0 amide bonds. The predicted octanol–water partition coefficient (Wildman–Crippen LogP) is 3.00. The number of halogens is 2. The van der Waals surface area contributed by atoms with Crippen molar-refractivity contribution in [2.75, 3.05) is 20.2 Å². The molecule has 1 aliphatic heterocycles. The van der Waals surface area contributed by atoms with Gasteiger partial charge in [-0.3, -0.25) is 0 Å². The first-order valence-electron chi connectivity index (χ1n) is 6.97. The molecule has 1 heterocycles. The van der Waals surface area contributed by atoms with E-state index in [-0.39, 0.29) is 29.8 Å². The van der Waals surface area contributed by atoms with E-state index in [9.17, 15) is 4.39 Å². The summed E-state index contributed by atoms with van der Waals surface area (Å²) in [5, 5.41) is 0. The Hall–Kier alpha value is -1.05. The highest BCUT2D eigenvalue weighted by atomic mass is 127. The zero-order valence-corrected chi connectivity index (χ0v) is 14.8. The Morgan fingerprint density at radius 2 is 2.24 bits per heavy atom. The molecule has 21 heavy (non-hydrogen) atoms. The zero-order valence-electron chi connectivity index (χ0n) is 12.5. The molecular weight excluding hydrogens is 384 g/mol. The lowest BCUT2D eigenvalue weighted by Crippen LogP contribution is -2.43. The van der Waals surface area contributed by atoms with Crippen LogP contribution in [-0.4, -0.2) is 31.1 Å². The number of piperidine rings is 1. The van der Waals surface area contributed by atoms with Gasteiger partial charge in [-0.1, -0.05) is 6.92 Å². The van der Waals surface area contributed by atoms with Crippen molar-refractivity contribution in [2.45, 2.75) is 26.3 Å². The Labute approximate surface area is 142 Å². The third-order valence-corrected chi connectivity index (χ3v) is 3.57. The Balaban J connectivity index is 0.00000220. The van der Waals surface area contributed by atoms with Crippen LogP contribution in [0.4, 0.5) is 4.39 Å². The molecule has 0 spiro atoms. The molecule has 0 radical (unpaired) electrons. The molecule has 0 aromatic heterocycles. The molecule has 1 atom stereocenters. The highest BCUT2D eigenvalue weighted by Gasteiger charge is 2.17. The summed E-state index contributed by atoms with van der Waals surface area (Å²) < 4.78 is 18.4. The number of hydrogen-bond acceptors (Lipinski definition) is 2. The second-order valence-corrected chi connectivity index (χ2v) is 5.37. The van der Waals surface area contributed by atoms with Crippen LogP contribution in [0.15, 0.2) is 23.2 Å². The summed E-state index contributed by atoms with van der Waals surface area (Å²) in [5.41, 5.74) is 6.78. The van der Waals surface area contributed by atoms with Crippen molar-refractivity contribution in [3.05, 3.63) is 29.6 Å². The average Bonchev–Trinajstić information content (AvgIpc) is 2.44. The van der Waals surface area contributed by atoms with Gasteiger partial charge in [0.15, 0.2) is 5.96 Å². The second kappa shape index (κ2) is 8.41. The van der Waals surface area contributed by atoms with Crippen LogP contribution >= 0.6 is 24.0 Å². The highest BCUT2D eigenvalue weighted by molar-refractivity contribution is 14.0. The average molecular weight is 407 g/mol. The van der Waals surface area contributed by atoms with Crippen LogP contribution in [0.1, 0.15) is 25.3 Å². The quantitative estimate of drug-likeness (QED) is 0.476. The smallest absolute Gasteiger partial charge is 0.191 e. The topological polar surface area (TPSA) is 50.9 Å². The number of ether oxygens (including phenoxy) is 1. The van der Waals surface area contributed by atoms with E-state index in [1.165, 1.54) is 25.7 Å². The lowest BCUT2D eigenvalue weighted by Gasteiger charge is -2.31. The van der Waals surface area contributed by atoms with Crippen molar-refractivity contribution < 1.29 is 9.13 Å². The molecule has 1 fully saturated rings. The Kier molecular flexibility index (Phi) is 7.21. The van der Waals surface area contributed by atoms with Gasteiger partial charge in [0.05, 0.1) is 13.7 Å². The number of benzene rings is 1. The lowest BCUT2D eigenvalue weighted by molar-refractivity contribution is 0.270. The summed E-state index contributed by atoms with van der Waals surface area (Å²) in [6.45, 7) is 4.48. The Morgan fingerprint density at radius 3 is 2.90 bits per heavy atom. The van der Waals surface area contributed by atoms with E-state index in [1.54, 1.807) is 6.07 Å². The fourth-order valence-corrected chi connectivity index (χ4v) is 2.50. The van der Waals surface area contributed by atoms with Crippen molar-refractivity contribution in [2.24, 2.45) is 16.6 Å². The molecule has 118 valence electrons. The van der Waals surface area contributed by atoms with Gasteiger partial charge in [0.1, 0.15) is 11.6 Å². The highest BCUT2D eigenvalue weighted by Crippen LogP contribution is 2.18.